The Balaban J connectivity index is 2.35. The van der Waals surface area contributed by atoms with Crippen molar-refractivity contribution in [3.8, 4) is 0 Å². The quantitative estimate of drug-likeness (QED) is 0.843. The zero-order chi connectivity index (χ0) is 18.1. The maximum absolute atomic E-state index is 11.4. The molecule has 1 heterocycles. The number of fused-ring (bicyclic) bond motifs is 1. The normalized spacial score (nSPS) is 18.8. The molecule has 24 heavy (non-hydrogen) atoms. The molecule has 0 bridgehead atoms. The lowest BCUT2D eigenvalue weighted by atomic mass is 9.75. The van der Waals surface area contributed by atoms with Crippen molar-refractivity contribution in [2.24, 2.45) is 5.41 Å². The van der Waals surface area contributed by atoms with Crippen molar-refractivity contribution in [3.05, 3.63) is 34.9 Å². The molecule has 1 aromatic carbocycles. The highest BCUT2D eigenvalue weighted by atomic mass is 32.2. The molecular weight excluding hydrogens is 330 g/mol. The summed E-state index contributed by atoms with van der Waals surface area (Å²) in [6.07, 6.45) is 0.732. The third-order valence-electron chi connectivity index (χ3n) is 4.39. The minimum absolute atomic E-state index is 0.00502. The summed E-state index contributed by atoms with van der Waals surface area (Å²) in [6.45, 7) is 7.21. The largest absolute Gasteiger partial charge is 0.465 e. The third-order valence-corrected chi connectivity index (χ3v) is 4.94. The minimum atomic E-state index is -3.49. The van der Waals surface area contributed by atoms with E-state index in [1.807, 2.05) is 18.2 Å². The van der Waals surface area contributed by atoms with Crippen LogP contribution in [0.1, 0.15) is 43.4 Å². The summed E-state index contributed by atoms with van der Waals surface area (Å²) in [5.74, 6) is 0.0796. The van der Waals surface area contributed by atoms with Crippen LogP contribution in [0.25, 0.3) is 0 Å². The van der Waals surface area contributed by atoms with E-state index in [0.29, 0.717) is 19.5 Å². The van der Waals surface area contributed by atoms with Crippen LogP contribution in [0, 0.1) is 5.41 Å². The lowest BCUT2D eigenvalue weighted by Crippen LogP contribution is -2.36. The molecule has 1 aliphatic heterocycles. The van der Waals surface area contributed by atoms with Gasteiger partial charge >= 0.3 is 6.09 Å². The molecule has 6 nitrogen and oxygen atoms in total. The Kier molecular flexibility index (Phi) is 5.25. The molecule has 0 aromatic heterocycles. The van der Waals surface area contributed by atoms with Crippen molar-refractivity contribution in [3.63, 3.8) is 0 Å². The molecule has 2 rings (SSSR count). The van der Waals surface area contributed by atoms with Gasteiger partial charge in [-0.25, -0.2) is 4.79 Å². The van der Waals surface area contributed by atoms with Crippen LogP contribution in [0.3, 0.4) is 0 Å². The maximum atomic E-state index is 11.4. The average molecular weight is 355 g/mol. The van der Waals surface area contributed by atoms with E-state index >= 15 is 0 Å². The molecule has 0 radical (unpaired) electrons. The molecule has 1 atom stereocenters. The van der Waals surface area contributed by atoms with E-state index in [4.69, 9.17) is 4.18 Å². The zero-order valence-corrected chi connectivity index (χ0v) is 15.4. The molecule has 0 spiro atoms. The van der Waals surface area contributed by atoms with Crippen molar-refractivity contribution in [1.82, 2.24) is 4.90 Å². The number of hydrogen-bond acceptors (Lipinski definition) is 4. The van der Waals surface area contributed by atoms with Crippen molar-refractivity contribution >= 4 is 16.2 Å². The fourth-order valence-electron chi connectivity index (χ4n) is 3.06. The van der Waals surface area contributed by atoms with Crippen molar-refractivity contribution < 1.29 is 22.5 Å². The number of rotatable bonds is 3. The van der Waals surface area contributed by atoms with E-state index in [1.54, 1.807) is 0 Å². The molecule has 1 N–H and O–H groups in total. The number of hydrogen-bond donors (Lipinski definition) is 1. The highest BCUT2D eigenvalue weighted by molar-refractivity contribution is 7.85. The van der Waals surface area contributed by atoms with Gasteiger partial charge in [0.25, 0.3) is 10.1 Å². The number of carbonyl (C=O) groups is 1. The summed E-state index contributed by atoms with van der Waals surface area (Å²) in [7, 11) is -3.49. The van der Waals surface area contributed by atoms with Crippen LogP contribution in [-0.2, 0) is 27.3 Å². The van der Waals surface area contributed by atoms with E-state index in [9.17, 15) is 18.3 Å². The SMILES string of the molecule is CC(C)(C)C1CN(C(=O)O)CCc2cc(COS(C)(=O)=O)ccc21. The molecule has 0 aliphatic carbocycles. The van der Waals surface area contributed by atoms with Gasteiger partial charge in [0, 0.05) is 19.0 Å². The molecular formula is C17H25NO5S. The Bertz CT molecular complexity index is 721. The van der Waals surface area contributed by atoms with E-state index in [1.165, 1.54) is 4.90 Å². The Morgan fingerprint density at radius 2 is 2.04 bits per heavy atom. The molecule has 134 valence electrons. The second kappa shape index (κ2) is 6.72. The predicted molar refractivity (Wildman–Crippen MR) is 91.6 cm³/mol. The van der Waals surface area contributed by atoms with Crippen molar-refractivity contribution in [2.45, 2.75) is 39.7 Å². The summed E-state index contributed by atoms with van der Waals surface area (Å²) in [5.41, 5.74) is 2.88. The second-order valence-electron chi connectivity index (χ2n) is 7.40. The van der Waals surface area contributed by atoms with Gasteiger partial charge in [0.1, 0.15) is 0 Å². The van der Waals surface area contributed by atoms with Gasteiger partial charge in [-0.05, 0) is 28.5 Å². The number of nitrogens with zero attached hydrogens (tertiary/aromatic N) is 1. The van der Waals surface area contributed by atoms with Gasteiger partial charge in [-0.15, -0.1) is 0 Å². The molecule has 1 aromatic rings. The summed E-state index contributed by atoms with van der Waals surface area (Å²) >= 11 is 0. The monoisotopic (exact) mass is 355 g/mol. The second-order valence-corrected chi connectivity index (χ2v) is 9.04. The molecule has 0 fully saturated rings. The van der Waals surface area contributed by atoms with Crippen molar-refractivity contribution in [2.75, 3.05) is 19.3 Å². The van der Waals surface area contributed by atoms with Crippen LogP contribution >= 0.6 is 0 Å². The molecule has 1 amide bonds. The Labute approximate surface area is 143 Å². The zero-order valence-electron chi connectivity index (χ0n) is 14.6. The van der Waals surface area contributed by atoms with E-state index in [2.05, 4.69) is 20.8 Å². The third kappa shape index (κ3) is 4.70. The lowest BCUT2D eigenvalue weighted by Gasteiger charge is -2.33. The predicted octanol–water partition coefficient (Wildman–Crippen LogP) is 2.83. The number of benzene rings is 1. The van der Waals surface area contributed by atoms with Crippen LogP contribution in [0.4, 0.5) is 4.79 Å². The van der Waals surface area contributed by atoms with Gasteiger partial charge in [0.05, 0.1) is 12.9 Å². The van der Waals surface area contributed by atoms with Gasteiger partial charge in [-0.3, -0.25) is 4.18 Å². The summed E-state index contributed by atoms with van der Waals surface area (Å²) in [5, 5.41) is 9.39. The molecule has 1 aliphatic rings. The van der Waals surface area contributed by atoms with Crippen LogP contribution in [-0.4, -0.2) is 43.9 Å². The van der Waals surface area contributed by atoms with E-state index in [-0.39, 0.29) is 17.9 Å². The topological polar surface area (TPSA) is 83.9 Å². The smallest absolute Gasteiger partial charge is 0.407 e. The Hall–Kier alpha value is -1.60. The first-order valence-corrected chi connectivity index (χ1v) is 9.73. The van der Waals surface area contributed by atoms with E-state index < -0.39 is 16.2 Å². The van der Waals surface area contributed by atoms with Crippen LogP contribution < -0.4 is 0 Å². The average Bonchev–Trinajstić information content (AvgIpc) is 2.63. The number of carboxylic acid groups (broad SMARTS) is 1. The first-order valence-electron chi connectivity index (χ1n) is 7.91. The lowest BCUT2D eigenvalue weighted by molar-refractivity contribution is 0.135. The van der Waals surface area contributed by atoms with Crippen LogP contribution in [0.5, 0.6) is 0 Å². The minimum Gasteiger partial charge on any atom is -0.465 e. The van der Waals surface area contributed by atoms with Crippen molar-refractivity contribution in [1.29, 1.82) is 0 Å². The fraction of sp³-hybridized carbons (Fsp3) is 0.588. The highest BCUT2D eigenvalue weighted by Crippen LogP contribution is 2.39. The first-order chi connectivity index (χ1) is 11.0. The van der Waals surface area contributed by atoms with Gasteiger partial charge in [-0.1, -0.05) is 39.0 Å². The van der Waals surface area contributed by atoms with Crippen LogP contribution in [0.2, 0.25) is 0 Å². The molecule has 0 saturated carbocycles. The van der Waals surface area contributed by atoms with Gasteiger partial charge in [0.2, 0.25) is 0 Å². The number of amides is 1. The van der Waals surface area contributed by atoms with Gasteiger partial charge in [0.15, 0.2) is 0 Å². The molecule has 1 unspecified atom stereocenters. The maximum Gasteiger partial charge on any atom is 0.407 e. The van der Waals surface area contributed by atoms with Gasteiger partial charge < -0.3 is 10.0 Å². The molecule has 7 heteroatoms. The van der Waals surface area contributed by atoms with Crippen LogP contribution in [0.15, 0.2) is 18.2 Å². The Morgan fingerprint density at radius 3 is 2.58 bits per heavy atom. The van der Waals surface area contributed by atoms with Gasteiger partial charge in [-0.2, -0.15) is 8.42 Å². The summed E-state index contributed by atoms with van der Waals surface area (Å²) in [4.78, 5) is 12.9. The fourth-order valence-corrected chi connectivity index (χ4v) is 3.41. The summed E-state index contributed by atoms with van der Waals surface area (Å²) in [6, 6.07) is 5.78. The Morgan fingerprint density at radius 1 is 1.38 bits per heavy atom. The highest BCUT2D eigenvalue weighted by Gasteiger charge is 2.33. The van der Waals surface area contributed by atoms with E-state index in [0.717, 1.165) is 22.9 Å². The molecule has 0 saturated heterocycles. The summed E-state index contributed by atoms with van der Waals surface area (Å²) < 4.78 is 27.2. The first kappa shape index (κ1) is 18.7. The standard InChI is InChI=1S/C17H25NO5S/c1-17(2,3)15-10-18(16(19)20)8-7-13-9-12(5-6-14(13)15)11-23-24(4,21)22/h5-6,9,15H,7-8,10-11H2,1-4H3,(H,19,20).